The minimum Gasteiger partial charge on any atom is -0.366 e. The van der Waals surface area contributed by atoms with Crippen molar-refractivity contribution < 1.29 is 4.39 Å². The van der Waals surface area contributed by atoms with Gasteiger partial charge in [-0.05, 0) is 49.2 Å². The van der Waals surface area contributed by atoms with Crippen molar-refractivity contribution in [3.63, 3.8) is 0 Å². The normalized spacial score (nSPS) is 14.2. The first-order valence-corrected chi connectivity index (χ1v) is 9.38. The molecule has 0 aliphatic carbocycles. The smallest absolute Gasteiger partial charge is 0.249 e. The second-order valence-electron chi connectivity index (χ2n) is 7.07. The van der Waals surface area contributed by atoms with Crippen LogP contribution in [0, 0.1) is 19.7 Å². The van der Waals surface area contributed by atoms with Gasteiger partial charge in [0.2, 0.25) is 5.95 Å². The molecule has 1 fully saturated rings. The van der Waals surface area contributed by atoms with Gasteiger partial charge >= 0.3 is 0 Å². The predicted octanol–water partition coefficient (Wildman–Crippen LogP) is 3.70. The van der Waals surface area contributed by atoms with E-state index >= 15 is 0 Å². The Morgan fingerprint density at radius 3 is 2.32 bits per heavy atom. The van der Waals surface area contributed by atoms with Crippen LogP contribution >= 0.6 is 0 Å². The van der Waals surface area contributed by atoms with Gasteiger partial charge in [0.05, 0.1) is 11.9 Å². The van der Waals surface area contributed by atoms with Gasteiger partial charge in [-0.25, -0.2) is 4.39 Å². The average molecular weight is 378 g/mol. The topological polar surface area (TPSA) is 57.2 Å². The summed E-state index contributed by atoms with van der Waals surface area (Å²) in [6.07, 6.45) is 1.67. The molecule has 0 radical (unpaired) electrons. The molecule has 2 aromatic carbocycles. The van der Waals surface area contributed by atoms with Crippen LogP contribution in [0.4, 0.5) is 27.5 Å². The summed E-state index contributed by atoms with van der Waals surface area (Å²) in [6.45, 7) is 7.06. The third-order valence-electron chi connectivity index (χ3n) is 4.82. The summed E-state index contributed by atoms with van der Waals surface area (Å²) >= 11 is 0. The summed E-state index contributed by atoms with van der Waals surface area (Å²) in [5, 5.41) is 11.4. The Hall–Kier alpha value is -3.22. The highest BCUT2D eigenvalue weighted by molar-refractivity contribution is 5.57. The second kappa shape index (κ2) is 7.80. The van der Waals surface area contributed by atoms with Crippen molar-refractivity contribution in [3.05, 3.63) is 65.6 Å². The van der Waals surface area contributed by atoms with Crippen LogP contribution < -0.4 is 15.1 Å². The molecule has 0 spiro atoms. The zero-order valence-corrected chi connectivity index (χ0v) is 16.1. The lowest BCUT2D eigenvalue weighted by Crippen LogP contribution is -2.47. The zero-order chi connectivity index (χ0) is 19.5. The number of para-hydroxylation sites is 1. The minimum atomic E-state index is -0.181. The van der Waals surface area contributed by atoms with Gasteiger partial charge < -0.3 is 15.1 Å². The van der Waals surface area contributed by atoms with Crippen LogP contribution in [0.1, 0.15) is 11.1 Å². The Balaban J connectivity index is 1.44. The van der Waals surface area contributed by atoms with E-state index in [4.69, 9.17) is 0 Å². The molecule has 0 bridgehead atoms. The Morgan fingerprint density at radius 2 is 1.61 bits per heavy atom. The Kier molecular flexibility index (Phi) is 5.06. The Morgan fingerprint density at radius 1 is 0.929 bits per heavy atom. The SMILES string of the molecule is Cc1cc(C)cc(Nc2nncc(N3CCN(c4ccccc4F)CC3)n2)c1. The van der Waals surface area contributed by atoms with E-state index in [1.807, 2.05) is 12.1 Å². The summed E-state index contributed by atoms with van der Waals surface area (Å²) in [7, 11) is 0. The highest BCUT2D eigenvalue weighted by atomic mass is 19.1. The lowest BCUT2D eigenvalue weighted by atomic mass is 10.1. The lowest BCUT2D eigenvalue weighted by Gasteiger charge is -2.36. The van der Waals surface area contributed by atoms with Crippen molar-refractivity contribution >= 4 is 23.1 Å². The molecule has 28 heavy (non-hydrogen) atoms. The second-order valence-corrected chi connectivity index (χ2v) is 7.07. The van der Waals surface area contributed by atoms with Gasteiger partial charge in [0.1, 0.15) is 5.82 Å². The number of benzene rings is 2. The fourth-order valence-electron chi connectivity index (χ4n) is 3.56. The number of aromatic nitrogens is 3. The summed E-state index contributed by atoms with van der Waals surface area (Å²) in [5.41, 5.74) is 3.95. The largest absolute Gasteiger partial charge is 0.366 e. The van der Waals surface area contributed by atoms with Gasteiger partial charge in [0, 0.05) is 31.9 Å². The van der Waals surface area contributed by atoms with Crippen LogP contribution in [0.3, 0.4) is 0 Å². The first kappa shape index (κ1) is 18.2. The van der Waals surface area contributed by atoms with Crippen LogP contribution in [0.25, 0.3) is 0 Å². The molecule has 6 nitrogen and oxygen atoms in total. The third-order valence-corrected chi connectivity index (χ3v) is 4.82. The molecule has 1 aliphatic heterocycles. The predicted molar refractivity (Wildman–Crippen MR) is 110 cm³/mol. The van der Waals surface area contributed by atoms with Crippen molar-refractivity contribution in [2.75, 3.05) is 41.3 Å². The van der Waals surface area contributed by atoms with Gasteiger partial charge in [-0.15, -0.1) is 5.10 Å². The molecule has 144 valence electrons. The minimum absolute atomic E-state index is 0.181. The van der Waals surface area contributed by atoms with Crippen molar-refractivity contribution in [1.82, 2.24) is 15.2 Å². The van der Waals surface area contributed by atoms with Gasteiger partial charge in [-0.2, -0.15) is 10.1 Å². The molecule has 0 atom stereocenters. The molecule has 2 heterocycles. The first-order chi connectivity index (χ1) is 13.6. The standard InChI is InChI=1S/C21H23FN6/c1-15-11-16(2)13-17(12-15)24-21-25-20(14-23-26-21)28-9-7-27(8-10-28)19-6-4-3-5-18(19)22/h3-6,11-14H,7-10H2,1-2H3,(H,24,25,26). The number of anilines is 4. The van der Waals surface area contributed by atoms with Crippen LogP contribution in [0.15, 0.2) is 48.7 Å². The van der Waals surface area contributed by atoms with E-state index in [1.54, 1.807) is 12.3 Å². The van der Waals surface area contributed by atoms with Gasteiger partial charge in [-0.3, -0.25) is 0 Å². The molecule has 3 aromatic rings. The van der Waals surface area contributed by atoms with E-state index in [0.29, 0.717) is 11.6 Å². The quantitative estimate of drug-likeness (QED) is 0.747. The molecular formula is C21H23FN6. The zero-order valence-electron chi connectivity index (χ0n) is 16.1. The summed E-state index contributed by atoms with van der Waals surface area (Å²) in [5.74, 6) is 1.06. The highest BCUT2D eigenvalue weighted by Crippen LogP contribution is 2.23. The maximum absolute atomic E-state index is 14.0. The molecule has 7 heteroatoms. The Bertz CT molecular complexity index is 948. The van der Waals surface area contributed by atoms with E-state index in [-0.39, 0.29) is 5.82 Å². The fourth-order valence-corrected chi connectivity index (χ4v) is 3.56. The number of piperazine rings is 1. The summed E-state index contributed by atoms with van der Waals surface area (Å²) < 4.78 is 14.0. The Labute approximate surface area is 164 Å². The molecule has 1 aliphatic rings. The van der Waals surface area contributed by atoms with E-state index < -0.39 is 0 Å². The van der Waals surface area contributed by atoms with Crippen LogP contribution in [0.5, 0.6) is 0 Å². The highest BCUT2D eigenvalue weighted by Gasteiger charge is 2.20. The van der Waals surface area contributed by atoms with Gasteiger partial charge in [0.25, 0.3) is 0 Å². The lowest BCUT2D eigenvalue weighted by molar-refractivity contribution is 0.595. The molecule has 0 unspecified atom stereocenters. The number of aryl methyl sites for hydroxylation is 2. The summed E-state index contributed by atoms with van der Waals surface area (Å²) in [4.78, 5) is 8.83. The number of hydrogen-bond donors (Lipinski definition) is 1. The van der Waals surface area contributed by atoms with Gasteiger partial charge in [0.15, 0.2) is 5.82 Å². The maximum atomic E-state index is 14.0. The average Bonchev–Trinajstić information content (AvgIpc) is 2.68. The van der Waals surface area contributed by atoms with E-state index in [9.17, 15) is 4.39 Å². The summed E-state index contributed by atoms with van der Waals surface area (Å²) in [6, 6.07) is 13.1. The van der Waals surface area contributed by atoms with Crippen molar-refractivity contribution in [1.29, 1.82) is 0 Å². The molecular weight excluding hydrogens is 355 g/mol. The molecule has 1 aromatic heterocycles. The molecule has 1 saturated heterocycles. The van der Waals surface area contributed by atoms with Crippen molar-refractivity contribution in [2.45, 2.75) is 13.8 Å². The number of halogens is 1. The van der Waals surface area contributed by atoms with E-state index in [2.05, 4.69) is 62.3 Å². The maximum Gasteiger partial charge on any atom is 0.249 e. The molecule has 1 N–H and O–H groups in total. The number of rotatable bonds is 4. The van der Waals surface area contributed by atoms with E-state index in [1.165, 1.54) is 17.2 Å². The van der Waals surface area contributed by atoms with E-state index in [0.717, 1.165) is 37.7 Å². The number of nitrogens with zero attached hydrogens (tertiary/aromatic N) is 5. The van der Waals surface area contributed by atoms with Crippen molar-refractivity contribution in [2.24, 2.45) is 0 Å². The first-order valence-electron chi connectivity index (χ1n) is 9.38. The number of hydrogen-bond acceptors (Lipinski definition) is 6. The van der Waals surface area contributed by atoms with Crippen LogP contribution in [-0.4, -0.2) is 41.4 Å². The van der Waals surface area contributed by atoms with Crippen molar-refractivity contribution in [3.8, 4) is 0 Å². The molecule has 0 saturated carbocycles. The van der Waals surface area contributed by atoms with Gasteiger partial charge in [-0.1, -0.05) is 18.2 Å². The molecule has 0 amide bonds. The van der Waals surface area contributed by atoms with Crippen LogP contribution in [-0.2, 0) is 0 Å². The molecule has 4 rings (SSSR count). The third kappa shape index (κ3) is 4.03. The van der Waals surface area contributed by atoms with Crippen LogP contribution in [0.2, 0.25) is 0 Å². The monoisotopic (exact) mass is 378 g/mol. The number of nitrogens with one attached hydrogen (secondary N) is 1. The fraction of sp³-hybridized carbons (Fsp3) is 0.286.